The third-order valence-corrected chi connectivity index (χ3v) is 6.13. The van der Waals surface area contributed by atoms with Gasteiger partial charge in [-0.1, -0.05) is 58.7 Å². The maximum atomic E-state index is 12.7. The highest BCUT2D eigenvalue weighted by atomic mass is 16.2. The van der Waals surface area contributed by atoms with Crippen LogP contribution < -0.4 is 10.6 Å². The van der Waals surface area contributed by atoms with Gasteiger partial charge in [-0.05, 0) is 42.2 Å². The number of hydrogen-bond donors (Lipinski definition) is 2. The van der Waals surface area contributed by atoms with Crippen molar-refractivity contribution in [1.82, 2.24) is 10.2 Å². The number of nitrogens with zero attached hydrogens (tertiary/aromatic N) is 1. The van der Waals surface area contributed by atoms with E-state index in [0.717, 1.165) is 42.5 Å². The van der Waals surface area contributed by atoms with Crippen LogP contribution in [0.1, 0.15) is 89.2 Å². The Kier molecular flexibility index (Phi) is 6.30. The van der Waals surface area contributed by atoms with Crippen molar-refractivity contribution in [1.29, 1.82) is 0 Å². The van der Waals surface area contributed by atoms with E-state index in [4.69, 9.17) is 0 Å². The third-order valence-electron chi connectivity index (χ3n) is 6.13. The van der Waals surface area contributed by atoms with Crippen LogP contribution in [-0.2, 0) is 9.59 Å². The molecule has 158 valence electrons. The molecule has 1 saturated carbocycles. The summed E-state index contributed by atoms with van der Waals surface area (Å²) in [6.45, 7) is 8.75. The summed E-state index contributed by atoms with van der Waals surface area (Å²) < 4.78 is 0. The summed E-state index contributed by atoms with van der Waals surface area (Å²) in [5.74, 6) is 0.408. The highest BCUT2D eigenvalue weighted by Crippen LogP contribution is 2.35. The topological polar surface area (TPSA) is 78.5 Å². The molecule has 1 aromatic rings. The maximum Gasteiger partial charge on any atom is 0.325 e. The fraction of sp³-hybridized carbons (Fsp3) is 0.609. The van der Waals surface area contributed by atoms with Crippen LogP contribution >= 0.6 is 0 Å². The molecule has 1 saturated heterocycles. The number of anilines is 1. The van der Waals surface area contributed by atoms with Crippen LogP contribution in [0.5, 0.6) is 0 Å². The monoisotopic (exact) mass is 399 g/mol. The molecule has 6 nitrogen and oxygen atoms in total. The number of benzene rings is 1. The molecule has 1 aliphatic carbocycles. The van der Waals surface area contributed by atoms with Crippen molar-refractivity contribution in [3.8, 4) is 0 Å². The molecule has 4 amide bonds. The molecule has 0 bridgehead atoms. The van der Waals surface area contributed by atoms with E-state index in [1.54, 1.807) is 0 Å². The Balaban J connectivity index is 1.60. The van der Waals surface area contributed by atoms with Gasteiger partial charge < -0.3 is 10.6 Å². The maximum absolute atomic E-state index is 12.7. The van der Waals surface area contributed by atoms with Crippen molar-refractivity contribution < 1.29 is 14.4 Å². The SMILES string of the molecule is CC(C)c1cccc(C(C)C)c1NC(=O)CCCN1C(=O)NC2(CCCC2)C1=O. The average Bonchev–Trinajstić information content (AvgIpc) is 3.22. The van der Waals surface area contributed by atoms with E-state index in [9.17, 15) is 14.4 Å². The zero-order valence-electron chi connectivity index (χ0n) is 18.0. The van der Waals surface area contributed by atoms with Gasteiger partial charge in [0, 0.05) is 18.7 Å². The number of carbonyl (C=O) groups excluding carboxylic acids is 3. The van der Waals surface area contributed by atoms with Crippen LogP contribution in [0.25, 0.3) is 0 Å². The molecule has 0 atom stereocenters. The number of urea groups is 1. The van der Waals surface area contributed by atoms with E-state index in [1.807, 2.05) is 6.07 Å². The zero-order chi connectivity index (χ0) is 21.2. The number of hydrogen-bond acceptors (Lipinski definition) is 3. The van der Waals surface area contributed by atoms with E-state index < -0.39 is 5.54 Å². The van der Waals surface area contributed by atoms with E-state index in [0.29, 0.717) is 18.3 Å². The van der Waals surface area contributed by atoms with Crippen molar-refractivity contribution in [3.63, 3.8) is 0 Å². The molecule has 2 fully saturated rings. The van der Waals surface area contributed by atoms with Gasteiger partial charge in [-0.15, -0.1) is 0 Å². The Hall–Kier alpha value is -2.37. The molecule has 0 aromatic heterocycles. The lowest BCUT2D eigenvalue weighted by Crippen LogP contribution is -2.44. The van der Waals surface area contributed by atoms with Gasteiger partial charge in [-0.2, -0.15) is 0 Å². The molecule has 0 radical (unpaired) electrons. The largest absolute Gasteiger partial charge is 0.326 e. The van der Waals surface area contributed by atoms with Crippen molar-refractivity contribution in [2.45, 2.75) is 83.6 Å². The minimum Gasteiger partial charge on any atom is -0.326 e. The van der Waals surface area contributed by atoms with Crippen molar-refractivity contribution in [3.05, 3.63) is 29.3 Å². The summed E-state index contributed by atoms with van der Waals surface area (Å²) in [6.07, 6.45) is 4.11. The fourth-order valence-electron chi connectivity index (χ4n) is 4.49. The van der Waals surface area contributed by atoms with Crippen LogP contribution in [0.2, 0.25) is 0 Å². The molecule has 6 heteroatoms. The molecular formula is C23H33N3O3. The van der Waals surface area contributed by atoms with Crippen LogP contribution in [0.3, 0.4) is 0 Å². The van der Waals surface area contributed by atoms with Gasteiger partial charge in [0.25, 0.3) is 5.91 Å². The molecule has 0 unspecified atom stereocenters. The highest BCUT2D eigenvalue weighted by Gasteiger charge is 2.52. The Morgan fingerprint density at radius 3 is 2.24 bits per heavy atom. The normalized spacial score (nSPS) is 18.2. The molecule has 29 heavy (non-hydrogen) atoms. The number of para-hydroxylation sites is 1. The first-order chi connectivity index (χ1) is 13.7. The Morgan fingerprint density at radius 1 is 1.10 bits per heavy atom. The molecule has 2 aliphatic rings. The van der Waals surface area contributed by atoms with E-state index >= 15 is 0 Å². The summed E-state index contributed by atoms with van der Waals surface area (Å²) in [5.41, 5.74) is 2.48. The van der Waals surface area contributed by atoms with Gasteiger partial charge in [0.1, 0.15) is 5.54 Å². The van der Waals surface area contributed by atoms with E-state index in [2.05, 4.69) is 50.5 Å². The summed E-state index contributed by atoms with van der Waals surface area (Å²) in [5, 5.41) is 5.98. The van der Waals surface area contributed by atoms with Crippen molar-refractivity contribution in [2.75, 3.05) is 11.9 Å². The molecule has 1 aromatic carbocycles. The first-order valence-electron chi connectivity index (χ1n) is 10.8. The second-order valence-corrected chi connectivity index (χ2v) is 8.95. The predicted molar refractivity (Wildman–Crippen MR) is 114 cm³/mol. The molecule has 1 heterocycles. The van der Waals surface area contributed by atoms with Gasteiger partial charge in [0.05, 0.1) is 0 Å². The average molecular weight is 400 g/mol. The number of amides is 4. The number of imide groups is 1. The first-order valence-corrected chi connectivity index (χ1v) is 10.8. The van der Waals surface area contributed by atoms with Crippen LogP contribution in [0.15, 0.2) is 18.2 Å². The zero-order valence-corrected chi connectivity index (χ0v) is 18.0. The van der Waals surface area contributed by atoms with Crippen molar-refractivity contribution >= 4 is 23.5 Å². The Bertz CT molecular complexity index is 768. The van der Waals surface area contributed by atoms with Crippen LogP contribution in [0, 0.1) is 0 Å². The lowest BCUT2D eigenvalue weighted by molar-refractivity contribution is -0.131. The smallest absolute Gasteiger partial charge is 0.325 e. The Morgan fingerprint density at radius 2 is 1.69 bits per heavy atom. The van der Waals surface area contributed by atoms with Gasteiger partial charge >= 0.3 is 6.03 Å². The lowest BCUT2D eigenvalue weighted by Gasteiger charge is -2.21. The van der Waals surface area contributed by atoms with Gasteiger partial charge in [0.15, 0.2) is 0 Å². The predicted octanol–water partition coefficient (Wildman–Crippen LogP) is 4.52. The summed E-state index contributed by atoms with van der Waals surface area (Å²) in [7, 11) is 0. The number of nitrogens with one attached hydrogen (secondary N) is 2. The van der Waals surface area contributed by atoms with Crippen LogP contribution in [-0.4, -0.2) is 34.8 Å². The van der Waals surface area contributed by atoms with E-state index in [-0.39, 0.29) is 30.8 Å². The van der Waals surface area contributed by atoms with Crippen LogP contribution in [0.4, 0.5) is 10.5 Å². The minimum absolute atomic E-state index is 0.0809. The number of carbonyl (C=O) groups is 3. The standard InChI is InChI=1S/C23H33N3O3/c1-15(2)17-9-7-10-18(16(3)4)20(17)24-19(27)11-8-14-26-21(28)23(25-22(26)29)12-5-6-13-23/h7,9-10,15-16H,5-6,8,11-14H2,1-4H3,(H,24,27)(H,25,29). The minimum atomic E-state index is -0.679. The van der Waals surface area contributed by atoms with Gasteiger partial charge in [-0.3, -0.25) is 14.5 Å². The molecule has 1 spiro atoms. The second kappa shape index (κ2) is 8.56. The lowest BCUT2D eigenvalue weighted by atomic mass is 9.92. The molecule has 3 rings (SSSR count). The quantitative estimate of drug-likeness (QED) is 0.662. The third kappa shape index (κ3) is 4.31. The Labute approximate surface area is 173 Å². The molecule has 1 aliphatic heterocycles. The van der Waals surface area contributed by atoms with Gasteiger partial charge in [0.2, 0.25) is 5.91 Å². The summed E-state index contributed by atoms with van der Waals surface area (Å²) in [6, 6.07) is 5.84. The fourth-order valence-corrected chi connectivity index (χ4v) is 4.49. The number of rotatable bonds is 7. The van der Waals surface area contributed by atoms with Gasteiger partial charge in [-0.25, -0.2) is 4.79 Å². The van der Waals surface area contributed by atoms with Crippen molar-refractivity contribution in [2.24, 2.45) is 0 Å². The van der Waals surface area contributed by atoms with E-state index in [1.165, 1.54) is 4.90 Å². The first kappa shape index (κ1) is 21.3. The second-order valence-electron chi connectivity index (χ2n) is 8.95. The molecular weight excluding hydrogens is 366 g/mol. The summed E-state index contributed by atoms with van der Waals surface area (Å²) in [4.78, 5) is 38.9. The highest BCUT2D eigenvalue weighted by molar-refractivity contribution is 6.07. The summed E-state index contributed by atoms with van der Waals surface area (Å²) >= 11 is 0. The molecule has 2 N–H and O–H groups in total.